The van der Waals surface area contributed by atoms with Crippen LogP contribution in [0.5, 0.6) is 0 Å². The molecule has 0 aliphatic carbocycles. The Balaban J connectivity index is 2.87. The molecule has 0 radical (unpaired) electrons. The fourth-order valence-electron chi connectivity index (χ4n) is 1.65. The van der Waals surface area contributed by atoms with E-state index in [1.807, 2.05) is 13.8 Å². The maximum absolute atomic E-state index is 13.6. The van der Waals surface area contributed by atoms with Crippen molar-refractivity contribution in [3.63, 3.8) is 0 Å². The lowest BCUT2D eigenvalue weighted by Crippen LogP contribution is -2.30. The topological polar surface area (TPSA) is 46.2 Å². The van der Waals surface area contributed by atoms with Gasteiger partial charge in [-0.1, -0.05) is 37.6 Å². The Morgan fingerprint density at radius 3 is 2.62 bits per heavy atom. The molecule has 0 saturated heterocycles. The van der Waals surface area contributed by atoms with Gasteiger partial charge in [0.2, 0.25) is 0 Å². The van der Waals surface area contributed by atoms with Crippen LogP contribution in [0.1, 0.15) is 31.9 Å². The SMILES string of the molecule is CC(C)CC(N)C(O)c1cccc(Cl)c1F. The molecule has 0 saturated carbocycles. The van der Waals surface area contributed by atoms with Crippen molar-refractivity contribution in [2.75, 3.05) is 0 Å². The molecule has 1 aromatic rings. The lowest BCUT2D eigenvalue weighted by Gasteiger charge is -2.21. The van der Waals surface area contributed by atoms with Gasteiger partial charge in [-0.25, -0.2) is 4.39 Å². The van der Waals surface area contributed by atoms with Crippen LogP contribution in [0.25, 0.3) is 0 Å². The molecule has 0 spiro atoms. The Bertz CT molecular complexity index is 357. The summed E-state index contributed by atoms with van der Waals surface area (Å²) in [5.74, 6) is -0.234. The van der Waals surface area contributed by atoms with Crippen LogP contribution >= 0.6 is 11.6 Å². The highest BCUT2D eigenvalue weighted by molar-refractivity contribution is 6.30. The second-order valence-electron chi connectivity index (χ2n) is 4.38. The molecule has 0 bridgehead atoms. The van der Waals surface area contributed by atoms with Crippen molar-refractivity contribution in [1.82, 2.24) is 0 Å². The number of nitrogens with two attached hydrogens (primary N) is 1. The smallest absolute Gasteiger partial charge is 0.147 e. The monoisotopic (exact) mass is 245 g/mol. The van der Waals surface area contributed by atoms with E-state index in [1.165, 1.54) is 12.1 Å². The zero-order chi connectivity index (χ0) is 12.3. The fourth-order valence-corrected chi connectivity index (χ4v) is 1.83. The van der Waals surface area contributed by atoms with Crippen LogP contribution in [0.3, 0.4) is 0 Å². The summed E-state index contributed by atoms with van der Waals surface area (Å²) in [5.41, 5.74) is 5.98. The van der Waals surface area contributed by atoms with Gasteiger partial charge in [-0.15, -0.1) is 0 Å². The summed E-state index contributed by atoms with van der Waals surface area (Å²) in [5, 5.41) is 9.93. The lowest BCUT2D eigenvalue weighted by atomic mass is 9.95. The summed E-state index contributed by atoms with van der Waals surface area (Å²) in [6.45, 7) is 4.00. The first-order valence-electron chi connectivity index (χ1n) is 5.31. The van der Waals surface area contributed by atoms with Crippen LogP contribution in [0.15, 0.2) is 18.2 Å². The van der Waals surface area contributed by atoms with Gasteiger partial charge in [0, 0.05) is 11.6 Å². The molecule has 90 valence electrons. The molecular formula is C12H17ClFNO. The van der Waals surface area contributed by atoms with E-state index < -0.39 is 18.0 Å². The molecule has 1 aromatic carbocycles. The molecule has 0 amide bonds. The summed E-state index contributed by atoms with van der Waals surface area (Å²) in [7, 11) is 0. The summed E-state index contributed by atoms with van der Waals surface area (Å²) >= 11 is 5.64. The molecule has 0 aromatic heterocycles. The van der Waals surface area contributed by atoms with Crippen LogP contribution in [-0.2, 0) is 0 Å². The molecule has 16 heavy (non-hydrogen) atoms. The van der Waals surface area contributed by atoms with E-state index in [0.717, 1.165) is 0 Å². The largest absolute Gasteiger partial charge is 0.387 e. The molecule has 0 aliphatic rings. The van der Waals surface area contributed by atoms with Crippen LogP contribution in [0, 0.1) is 11.7 Å². The first-order valence-corrected chi connectivity index (χ1v) is 5.68. The van der Waals surface area contributed by atoms with Crippen LogP contribution in [-0.4, -0.2) is 11.1 Å². The van der Waals surface area contributed by atoms with E-state index in [9.17, 15) is 9.50 Å². The molecule has 1 rings (SSSR count). The Morgan fingerprint density at radius 2 is 2.06 bits per heavy atom. The van der Waals surface area contributed by atoms with Gasteiger partial charge in [0.1, 0.15) is 5.82 Å². The van der Waals surface area contributed by atoms with Gasteiger partial charge in [-0.3, -0.25) is 0 Å². The molecule has 2 atom stereocenters. The lowest BCUT2D eigenvalue weighted by molar-refractivity contribution is 0.132. The van der Waals surface area contributed by atoms with Crippen molar-refractivity contribution in [3.05, 3.63) is 34.6 Å². The van der Waals surface area contributed by atoms with Gasteiger partial charge >= 0.3 is 0 Å². The third kappa shape index (κ3) is 3.17. The maximum Gasteiger partial charge on any atom is 0.147 e. The quantitative estimate of drug-likeness (QED) is 0.857. The van der Waals surface area contributed by atoms with Crippen LogP contribution < -0.4 is 5.73 Å². The Labute approximate surface area is 100 Å². The minimum absolute atomic E-state index is 0.00768. The molecule has 0 heterocycles. The fraction of sp³-hybridized carbons (Fsp3) is 0.500. The third-order valence-corrected chi connectivity index (χ3v) is 2.74. The highest BCUT2D eigenvalue weighted by atomic mass is 35.5. The van der Waals surface area contributed by atoms with Gasteiger partial charge < -0.3 is 10.8 Å². The van der Waals surface area contributed by atoms with Crippen LogP contribution in [0.2, 0.25) is 5.02 Å². The van der Waals surface area contributed by atoms with Gasteiger partial charge in [0.25, 0.3) is 0 Å². The highest BCUT2D eigenvalue weighted by Gasteiger charge is 2.21. The number of hydrogen-bond donors (Lipinski definition) is 2. The van der Waals surface area contributed by atoms with Gasteiger partial charge in [-0.05, 0) is 18.4 Å². The van der Waals surface area contributed by atoms with Gasteiger partial charge in [0.05, 0.1) is 11.1 Å². The van der Waals surface area contributed by atoms with Crippen molar-refractivity contribution >= 4 is 11.6 Å². The first kappa shape index (κ1) is 13.4. The van der Waals surface area contributed by atoms with Crippen molar-refractivity contribution in [1.29, 1.82) is 0 Å². The van der Waals surface area contributed by atoms with E-state index >= 15 is 0 Å². The number of aliphatic hydroxyl groups is 1. The summed E-state index contributed by atoms with van der Waals surface area (Å²) < 4.78 is 13.6. The van der Waals surface area contributed by atoms with Gasteiger partial charge in [-0.2, -0.15) is 0 Å². The number of aliphatic hydroxyl groups excluding tert-OH is 1. The zero-order valence-corrected chi connectivity index (χ0v) is 10.2. The normalized spacial score (nSPS) is 15.2. The number of benzene rings is 1. The highest BCUT2D eigenvalue weighted by Crippen LogP contribution is 2.26. The minimum atomic E-state index is -1.01. The molecule has 2 unspecified atom stereocenters. The van der Waals surface area contributed by atoms with E-state index in [0.29, 0.717) is 12.3 Å². The number of halogens is 2. The van der Waals surface area contributed by atoms with E-state index in [1.54, 1.807) is 6.07 Å². The molecule has 2 nitrogen and oxygen atoms in total. The van der Waals surface area contributed by atoms with E-state index in [4.69, 9.17) is 17.3 Å². The third-order valence-electron chi connectivity index (χ3n) is 2.45. The van der Waals surface area contributed by atoms with Gasteiger partial charge in [0.15, 0.2) is 0 Å². The molecular weight excluding hydrogens is 229 g/mol. The summed E-state index contributed by atoms with van der Waals surface area (Å²) in [6.07, 6.45) is -0.381. The molecule has 4 heteroatoms. The van der Waals surface area contributed by atoms with Crippen molar-refractivity contribution in [2.45, 2.75) is 32.4 Å². The minimum Gasteiger partial charge on any atom is -0.387 e. The Kier molecular flexibility index (Phi) is 4.71. The predicted octanol–water partition coefficient (Wildman–Crippen LogP) is 2.89. The van der Waals surface area contributed by atoms with E-state index in [-0.39, 0.29) is 10.6 Å². The Morgan fingerprint density at radius 1 is 1.44 bits per heavy atom. The van der Waals surface area contributed by atoms with E-state index in [2.05, 4.69) is 0 Å². The standard InChI is InChI=1S/C12H17ClFNO/c1-7(2)6-10(15)12(16)8-4-3-5-9(13)11(8)14/h3-5,7,10,12,16H,6,15H2,1-2H3. The Hall–Kier alpha value is -0.640. The molecule has 3 N–H and O–H groups in total. The van der Waals surface area contributed by atoms with Crippen molar-refractivity contribution < 1.29 is 9.50 Å². The zero-order valence-electron chi connectivity index (χ0n) is 9.45. The number of rotatable bonds is 4. The predicted molar refractivity (Wildman–Crippen MR) is 63.8 cm³/mol. The maximum atomic E-state index is 13.6. The van der Waals surface area contributed by atoms with Crippen molar-refractivity contribution in [3.8, 4) is 0 Å². The average molecular weight is 246 g/mol. The number of hydrogen-bond acceptors (Lipinski definition) is 2. The second-order valence-corrected chi connectivity index (χ2v) is 4.79. The second kappa shape index (κ2) is 5.62. The van der Waals surface area contributed by atoms with Crippen LogP contribution in [0.4, 0.5) is 4.39 Å². The summed E-state index contributed by atoms with van der Waals surface area (Å²) in [4.78, 5) is 0. The first-order chi connectivity index (χ1) is 7.43. The molecule has 0 aliphatic heterocycles. The van der Waals surface area contributed by atoms with Crippen molar-refractivity contribution in [2.24, 2.45) is 11.7 Å². The molecule has 0 fully saturated rings. The average Bonchev–Trinajstić information content (AvgIpc) is 2.20. The summed E-state index contributed by atoms with van der Waals surface area (Å²) in [6, 6.07) is 4.08.